The Morgan fingerprint density at radius 1 is 1.27 bits per heavy atom. The number of hydrogen-bond acceptors (Lipinski definition) is 6. The number of carbonyl (C=O) groups excluding carboxylic acids is 1. The van der Waals surface area contributed by atoms with Crippen molar-refractivity contribution in [2.24, 2.45) is 5.41 Å². The fraction of sp³-hybridized carbons (Fsp3) is 0.571. The summed E-state index contributed by atoms with van der Waals surface area (Å²) in [7, 11) is 0. The smallest absolute Gasteiger partial charge is 0.280 e. The van der Waals surface area contributed by atoms with Gasteiger partial charge >= 0.3 is 0 Å². The maximum atomic E-state index is 13.8. The number of nitrogens with one attached hydrogen (secondary N) is 2. The zero-order valence-corrected chi connectivity index (χ0v) is 19.2. The molecule has 30 heavy (non-hydrogen) atoms. The number of aromatic nitrogens is 2. The predicted octanol–water partition coefficient (Wildman–Crippen LogP) is 4.80. The Hall–Kier alpha value is -2.13. The molecule has 0 spiro atoms. The van der Waals surface area contributed by atoms with E-state index in [0.29, 0.717) is 22.9 Å². The fourth-order valence-corrected chi connectivity index (χ4v) is 3.47. The number of rotatable bonds is 7. The Bertz CT molecular complexity index is 901. The maximum Gasteiger partial charge on any atom is 0.280 e. The van der Waals surface area contributed by atoms with Crippen LogP contribution in [0.1, 0.15) is 69.0 Å². The van der Waals surface area contributed by atoms with Gasteiger partial charge in [0.05, 0.1) is 22.2 Å². The molecule has 0 aromatic carbocycles. The number of thiazole rings is 1. The van der Waals surface area contributed by atoms with Gasteiger partial charge in [-0.05, 0) is 39.2 Å². The van der Waals surface area contributed by atoms with Crippen molar-refractivity contribution in [3.05, 3.63) is 28.5 Å². The van der Waals surface area contributed by atoms with Crippen molar-refractivity contribution in [3.63, 3.8) is 0 Å². The van der Waals surface area contributed by atoms with Crippen molar-refractivity contribution >= 4 is 23.1 Å². The van der Waals surface area contributed by atoms with Crippen LogP contribution in [0.25, 0.3) is 10.4 Å². The van der Waals surface area contributed by atoms with Crippen LogP contribution in [0.15, 0.2) is 12.3 Å². The second-order valence-corrected chi connectivity index (χ2v) is 10.2. The van der Waals surface area contributed by atoms with Crippen LogP contribution in [-0.2, 0) is 0 Å². The van der Waals surface area contributed by atoms with Gasteiger partial charge in [0, 0.05) is 23.9 Å². The van der Waals surface area contributed by atoms with Gasteiger partial charge in [-0.15, -0.1) is 11.3 Å². The number of alkyl halides is 2. The molecule has 1 atom stereocenters. The third-order valence-electron chi connectivity index (χ3n) is 4.61. The van der Waals surface area contributed by atoms with Crippen molar-refractivity contribution in [1.29, 1.82) is 0 Å². The number of anilines is 1. The largest absolute Gasteiger partial charge is 0.388 e. The van der Waals surface area contributed by atoms with Crippen LogP contribution in [0.4, 0.5) is 14.6 Å². The number of amides is 1. The lowest BCUT2D eigenvalue weighted by molar-refractivity contribution is 0.0409. The Kier molecular flexibility index (Phi) is 7.19. The number of aliphatic hydroxyl groups is 1. The molecule has 2 rings (SSSR count). The second-order valence-electron chi connectivity index (χ2n) is 9.15. The third-order valence-corrected chi connectivity index (χ3v) is 5.80. The first-order valence-corrected chi connectivity index (χ1v) is 10.5. The van der Waals surface area contributed by atoms with Crippen LogP contribution in [-0.4, -0.2) is 39.2 Å². The molecule has 0 saturated carbocycles. The molecule has 9 heteroatoms. The monoisotopic (exact) mass is 440 g/mol. The van der Waals surface area contributed by atoms with Crippen molar-refractivity contribution in [3.8, 4) is 10.4 Å². The van der Waals surface area contributed by atoms with E-state index in [0.717, 1.165) is 11.3 Å². The molecule has 3 N–H and O–H groups in total. The van der Waals surface area contributed by atoms with Crippen molar-refractivity contribution in [2.75, 3.05) is 11.9 Å². The van der Waals surface area contributed by atoms with Gasteiger partial charge in [-0.2, -0.15) is 0 Å². The van der Waals surface area contributed by atoms with E-state index in [1.165, 1.54) is 12.3 Å². The molecule has 6 nitrogen and oxygen atoms in total. The van der Waals surface area contributed by atoms with Crippen LogP contribution < -0.4 is 10.6 Å². The highest BCUT2D eigenvalue weighted by Gasteiger charge is 2.27. The molecule has 2 aromatic rings. The summed E-state index contributed by atoms with van der Waals surface area (Å²) < 4.78 is 27.6. The number of pyridine rings is 1. The standard InChI is InChI=1S/C21H30F2N4O2S/c1-11-16(30-19(26-11)18(28)27-12(2)21(6,7)29)14-9-24-15(8-13(14)17(22)23)25-10-20(3,4)5/h8-9,12,17,29H,10H2,1-7H3,(H,24,25)(H,27,28). The van der Waals surface area contributed by atoms with Crippen molar-refractivity contribution < 1.29 is 18.7 Å². The zero-order chi connectivity index (χ0) is 22.9. The summed E-state index contributed by atoms with van der Waals surface area (Å²) >= 11 is 1.03. The Balaban J connectivity index is 2.34. The molecule has 0 radical (unpaired) electrons. The Morgan fingerprint density at radius 2 is 1.90 bits per heavy atom. The Labute approximate surface area is 180 Å². The first-order valence-electron chi connectivity index (χ1n) is 9.72. The summed E-state index contributed by atoms with van der Waals surface area (Å²) in [4.78, 5) is 21.5. The molecule has 166 valence electrons. The number of hydrogen-bond donors (Lipinski definition) is 3. The lowest BCUT2D eigenvalue weighted by Gasteiger charge is -2.26. The molecule has 2 heterocycles. The van der Waals surface area contributed by atoms with Crippen LogP contribution >= 0.6 is 11.3 Å². The number of halogens is 2. The summed E-state index contributed by atoms with van der Waals surface area (Å²) in [5.74, 6) is -0.0814. The highest BCUT2D eigenvalue weighted by molar-refractivity contribution is 7.17. The van der Waals surface area contributed by atoms with Crippen LogP contribution in [0, 0.1) is 12.3 Å². The molecule has 0 aliphatic carbocycles. The molecule has 0 fully saturated rings. The SMILES string of the molecule is Cc1nc(C(=O)NC(C)C(C)(C)O)sc1-c1cnc(NCC(C)(C)C)cc1C(F)F. The molecule has 1 unspecified atom stereocenters. The van der Waals surface area contributed by atoms with Gasteiger partial charge in [0.25, 0.3) is 12.3 Å². The van der Waals surface area contributed by atoms with Gasteiger partial charge in [-0.1, -0.05) is 20.8 Å². The van der Waals surface area contributed by atoms with E-state index in [1.54, 1.807) is 27.7 Å². The summed E-state index contributed by atoms with van der Waals surface area (Å²) in [6.07, 6.45) is -1.30. The fourth-order valence-electron chi connectivity index (χ4n) is 2.47. The number of nitrogens with zero attached hydrogens (tertiary/aromatic N) is 2. The lowest BCUT2D eigenvalue weighted by atomic mass is 9.97. The highest BCUT2D eigenvalue weighted by Crippen LogP contribution is 2.37. The minimum Gasteiger partial charge on any atom is -0.388 e. The lowest BCUT2D eigenvalue weighted by Crippen LogP contribution is -2.47. The maximum absolute atomic E-state index is 13.8. The zero-order valence-electron chi connectivity index (χ0n) is 18.4. The molecule has 2 aromatic heterocycles. The van der Waals surface area contributed by atoms with E-state index < -0.39 is 24.0 Å². The highest BCUT2D eigenvalue weighted by atomic mass is 32.1. The van der Waals surface area contributed by atoms with Gasteiger partial charge in [0.15, 0.2) is 5.01 Å². The summed E-state index contributed by atoms with van der Waals surface area (Å²) in [6.45, 7) is 13.2. The van der Waals surface area contributed by atoms with Crippen LogP contribution in [0.2, 0.25) is 0 Å². The third kappa shape index (κ3) is 6.18. The quantitative estimate of drug-likeness (QED) is 0.576. The molecule has 0 saturated heterocycles. The molecule has 1 amide bonds. The second kappa shape index (κ2) is 8.93. The molecular weight excluding hydrogens is 410 g/mol. The van der Waals surface area contributed by atoms with Gasteiger partial charge in [0.1, 0.15) is 5.82 Å². The van der Waals surface area contributed by atoms with Gasteiger partial charge in [-0.3, -0.25) is 4.79 Å². The molecular formula is C21H30F2N4O2S. The van der Waals surface area contributed by atoms with E-state index in [2.05, 4.69) is 20.6 Å². The van der Waals surface area contributed by atoms with Gasteiger partial charge in [-0.25, -0.2) is 18.7 Å². The van der Waals surface area contributed by atoms with Crippen molar-refractivity contribution in [2.45, 2.75) is 66.5 Å². The summed E-state index contributed by atoms with van der Waals surface area (Å²) in [5.41, 5.74) is -0.559. The Morgan fingerprint density at radius 3 is 2.43 bits per heavy atom. The normalized spacial score (nSPS) is 13.4. The van der Waals surface area contributed by atoms with Crippen molar-refractivity contribution in [1.82, 2.24) is 15.3 Å². The summed E-state index contributed by atoms with van der Waals surface area (Å²) in [6, 6.07) is 0.838. The van der Waals surface area contributed by atoms with E-state index in [-0.39, 0.29) is 21.5 Å². The average molecular weight is 441 g/mol. The average Bonchev–Trinajstić information content (AvgIpc) is 3.00. The van der Waals surface area contributed by atoms with E-state index in [4.69, 9.17) is 0 Å². The summed E-state index contributed by atoms with van der Waals surface area (Å²) in [5, 5.41) is 15.9. The predicted molar refractivity (Wildman–Crippen MR) is 116 cm³/mol. The van der Waals surface area contributed by atoms with Crippen LogP contribution in [0.3, 0.4) is 0 Å². The van der Waals surface area contributed by atoms with Gasteiger partial charge in [0.2, 0.25) is 0 Å². The van der Waals surface area contributed by atoms with Gasteiger partial charge < -0.3 is 15.7 Å². The number of carbonyl (C=O) groups is 1. The topological polar surface area (TPSA) is 87.1 Å². The van der Waals surface area contributed by atoms with E-state index >= 15 is 0 Å². The molecule has 0 aliphatic rings. The first-order chi connectivity index (χ1) is 13.7. The minimum atomic E-state index is -2.70. The van der Waals surface area contributed by atoms with E-state index in [9.17, 15) is 18.7 Å². The number of aryl methyl sites for hydroxylation is 1. The molecule has 0 aliphatic heterocycles. The molecule has 0 bridgehead atoms. The van der Waals surface area contributed by atoms with E-state index in [1.807, 2.05) is 20.8 Å². The van der Waals surface area contributed by atoms with Crippen LogP contribution in [0.5, 0.6) is 0 Å². The minimum absolute atomic E-state index is 0.0257. The first kappa shape index (κ1) is 24.1.